The zero-order valence-corrected chi connectivity index (χ0v) is 18.7. The molecule has 0 saturated heterocycles. The monoisotopic (exact) mass is 476 g/mol. The van der Waals surface area contributed by atoms with Crippen molar-refractivity contribution in [1.29, 1.82) is 0 Å². The van der Waals surface area contributed by atoms with E-state index in [1.165, 1.54) is 30.3 Å². The summed E-state index contributed by atoms with van der Waals surface area (Å²) in [6.07, 6.45) is 1.82. The van der Waals surface area contributed by atoms with Crippen LogP contribution in [-0.4, -0.2) is 34.7 Å². The van der Waals surface area contributed by atoms with Gasteiger partial charge in [0, 0.05) is 28.8 Å². The molecule has 9 heteroatoms. The maximum absolute atomic E-state index is 13.3. The second-order valence-corrected chi connectivity index (χ2v) is 8.52. The fourth-order valence-electron chi connectivity index (χ4n) is 4.61. The van der Waals surface area contributed by atoms with Gasteiger partial charge in [0.2, 0.25) is 0 Å². The quantitative estimate of drug-likeness (QED) is 0.239. The van der Waals surface area contributed by atoms with Gasteiger partial charge in [-0.1, -0.05) is 18.6 Å². The third-order valence-electron chi connectivity index (χ3n) is 6.25. The number of aromatic hydroxyl groups is 2. The molecule has 2 aliphatic heterocycles. The number of carbonyl (C=O) groups is 2. The van der Waals surface area contributed by atoms with Crippen LogP contribution in [0.1, 0.15) is 46.3 Å². The molecule has 0 saturated carbocycles. The summed E-state index contributed by atoms with van der Waals surface area (Å²) in [7, 11) is 0. The van der Waals surface area contributed by atoms with Crippen LogP contribution in [0.4, 0.5) is 0 Å². The van der Waals surface area contributed by atoms with Crippen molar-refractivity contribution in [2.24, 2.45) is 11.5 Å². The Kier molecular flexibility index (Phi) is 5.58. The first kappa shape index (κ1) is 22.7. The van der Waals surface area contributed by atoms with Gasteiger partial charge in [-0.3, -0.25) is 0 Å². The second kappa shape index (κ2) is 8.61. The largest absolute Gasteiger partial charge is 0.508 e. The Morgan fingerprint density at radius 1 is 0.971 bits per heavy atom. The number of hydrogen-bond donors (Lipinski definition) is 4. The number of unbranched alkanes of at least 4 members (excludes halogenated alkanes) is 1. The molecule has 0 fully saturated rings. The van der Waals surface area contributed by atoms with Crippen molar-refractivity contribution in [1.82, 2.24) is 0 Å². The number of esters is 2. The van der Waals surface area contributed by atoms with Crippen LogP contribution in [0.15, 0.2) is 54.6 Å². The van der Waals surface area contributed by atoms with Crippen molar-refractivity contribution < 1.29 is 34.0 Å². The van der Waals surface area contributed by atoms with Gasteiger partial charge in [-0.15, -0.1) is 0 Å². The van der Waals surface area contributed by atoms with Crippen LogP contribution in [0.2, 0.25) is 0 Å². The Morgan fingerprint density at radius 2 is 1.63 bits per heavy atom. The highest BCUT2D eigenvalue weighted by Crippen LogP contribution is 2.57. The van der Waals surface area contributed by atoms with E-state index in [-0.39, 0.29) is 34.3 Å². The predicted molar refractivity (Wildman–Crippen MR) is 125 cm³/mol. The van der Waals surface area contributed by atoms with Gasteiger partial charge in [-0.2, -0.15) is 0 Å². The molecule has 2 heterocycles. The Balaban J connectivity index is 1.62. The first-order valence-corrected chi connectivity index (χ1v) is 11.2. The molecular weight excluding hydrogens is 452 g/mol. The number of hydrogen-bond acceptors (Lipinski definition) is 9. The molecule has 0 radical (unpaired) electrons. The normalized spacial score (nSPS) is 15.4. The molecule has 2 aliphatic rings. The molecule has 35 heavy (non-hydrogen) atoms. The molecule has 5 rings (SSSR count). The topological polar surface area (TPSA) is 154 Å². The zero-order valence-electron chi connectivity index (χ0n) is 18.7. The van der Waals surface area contributed by atoms with Gasteiger partial charge in [0.05, 0.1) is 0 Å². The van der Waals surface area contributed by atoms with Crippen molar-refractivity contribution in [3.63, 3.8) is 0 Å². The Labute approximate surface area is 200 Å². The summed E-state index contributed by atoms with van der Waals surface area (Å²) in [6, 6.07) is 13.0. The maximum Gasteiger partial charge on any atom is 0.344 e. The fourth-order valence-corrected chi connectivity index (χ4v) is 4.61. The fraction of sp³-hybridized carbons (Fsp3) is 0.231. The van der Waals surface area contributed by atoms with Gasteiger partial charge in [-0.05, 0) is 49.7 Å². The molecule has 9 nitrogen and oxygen atoms in total. The van der Waals surface area contributed by atoms with E-state index in [4.69, 9.17) is 25.7 Å². The van der Waals surface area contributed by atoms with E-state index >= 15 is 0 Å². The third kappa shape index (κ3) is 3.65. The van der Waals surface area contributed by atoms with Gasteiger partial charge in [0.15, 0.2) is 5.60 Å². The summed E-state index contributed by atoms with van der Waals surface area (Å²) < 4.78 is 17.5. The van der Waals surface area contributed by atoms with E-state index in [1.54, 1.807) is 24.3 Å². The SMILES string of the molecule is NCCCC[C@H](N)C(=O)Oc1cccc2c1C(=O)OC21c2ccc(O)cc2Oc2cc(O)ccc21. The van der Waals surface area contributed by atoms with Crippen LogP contribution in [0, 0.1) is 0 Å². The molecule has 6 N–H and O–H groups in total. The number of phenols is 2. The molecule has 0 bridgehead atoms. The number of rotatable bonds is 6. The van der Waals surface area contributed by atoms with Crippen molar-refractivity contribution in [3.8, 4) is 28.7 Å². The van der Waals surface area contributed by atoms with E-state index in [0.717, 1.165) is 6.42 Å². The molecule has 0 aliphatic carbocycles. The molecule has 180 valence electrons. The summed E-state index contributed by atoms with van der Waals surface area (Å²) in [5.74, 6) is -0.888. The summed E-state index contributed by atoms with van der Waals surface area (Å²) in [5, 5.41) is 20.1. The third-order valence-corrected chi connectivity index (χ3v) is 6.25. The smallest absolute Gasteiger partial charge is 0.344 e. The lowest BCUT2D eigenvalue weighted by Crippen LogP contribution is -2.34. The first-order valence-electron chi connectivity index (χ1n) is 11.2. The van der Waals surface area contributed by atoms with Gasteiger partial charge in [-0.25, -0.2) is 9.59 Å². The van der Waals surface area contributed by atoms with E-state index < -0.39 is 23.6 Å². The molecule has 0 aromatic heterocycles. The average molecular weight is 476 g/mol. The van der Waals surface area contributed by atoms with Gasteiger partial charge >= 0.3 is 11.9 Å². The van der Waals surface area contributed by atoms with E-state index in [2.05, 4.69) is 0 Å². The van der Waals surface area contributed by atoms with Crippen LogP contribution in [0.3, 0.4) is 0 Å². The number of phenolic OH excluding ortho intramolecular Hbond substituents is 2. The summed E-state index contributed by atoms with van der Waals surface area (Å²) >= 11 is 0. The molecule has 3 aromatic rings. The van der Waals surface area contributed by atoms with E-state index in [1.807, 2.05) is 0 Å². The van der Waals surface area contributed by atoms with Crippen LogP contribution in [0.5, 0.6) is 28.7 Å². The number of fused-ring (bicyclic) bond motifs is 6. The average Bonchev–Trinajstić information content (AvgIpc) is 3.12. The Morgan fingerprint density at radius 3 is 2.26 bits per heavy atom. The van der Waals surface area contributed by atoms with Crippen molar-refractivity contribution in [2.75, 3.05) is 6.54 Å². The van der Waals surface area contributed by atoms with Crippen LogP contribution >= 0.6 is 0 Å². The zero-order chi connectivity index (χ0) is 24.7. The van der Waals surface area contributed by atoms with Crippen molar-refractivity contribution in [3.05, 3.63) is 76.9 Å². The lowest BCUT2D eigenvalue weighted by Gasteiger charge is -2.36. The number of benzene rings is 3. The highest BCUT2D eigenvalue weighted by Gasteiger charge is 2.54. The molecule has 0 unspecified atom stereocenters. The van der Waals surface area contributed by atoms with Crippen LogP contribution < -0.4 is 20.9 Å². The highest BCUT2D eigenvalue weighted by molar-refractivity contribution is 6.00. The van der Waals surface area contributed by atoms with E-state index in [0.29, 0.717) is 36.1 Å². The predicted octanol–water partition coefficient (Wildman–Crippen LogP) is 3.03. The maximum atomic E-state index is 13.3. The first-order chi connectivity index (χ1) is 16.8. The van der Waals surface area contributed by atoms with Crippen LogP contribution in [0.25, 0.3) is 0 Å². The number of ether oxygens (including phenoxy) is 3. The number of carbonyl (C=O) groups excluding carboxylic acids is 2. The number of nitrogens with two attached hydrogens (primary N) is 2. The van der Waals surface area contributed by atoms with Crippen molar-refractivity contribution >= 4 is 11.9 Å². The Hall–Kier alpha value is -4.08. The highest BCUT2D eigenvalue weighted by atomic mass is 16.6. The molecule has 1 atom stereocenters. The minimum absolute atomic E-state index is 0.0378. The second-order valence-electron chi connectivity index (χ2n) is 8.52. The van der Waals surface area contributed by atoms with E-state index in [9.17, 15) is 19.8 Å². The lowest BCUT2D eigenvalue weighted by molar-refractivity contribution is -0.136. The minimum atomic E-state index is -1.44. The van der Waals surface area contributed by atoms with Gasteiger partial charge in [0.25, 0.3) is 0 Å². The summed E-state index contributed by atoms with van der Waals surface area (Å²) in [5.41, 5.74) is 11.5. The molecule has 0 amide bonds. The summed E-state index contributed by atoms with van der Waals surface area (Å²) in [4.78, 5) is 25.9. The van der Waals surface area contributed by atoms with Crippen LogP contribution in [-0.2, 0) is 15.1 Å². The standard InChI is InChI=1S/C26H24N2O7/c27-11-2-1-5-19(28)24(31)34-20-6-3-4-18-23(20)25(32)35-26(18)16-9-7-14(29)12-21(16)33-22-13-15(30)8-10-17(22)26/h3-4,6-10,12-13,19,29-30H,1-2,5,11,27-28H2/t19-/m0/s1. The summed E-state index contributed by atoms with van der Waals surface area (Å²) in [6.45, 7) is 0.504. The Bertz CT molecular complexity index is 1290. The molecule has 1 spiro atoms. The van der Waals surface area contributed by atoms with Crippen molar-refractivity contribution in [2.45, 2.75) is 30.9 Å². The minimum Gasteiger partial charge on any atom is -0.508 e. The van der Waals surface area contributed by atoms with Gasteiger partial charge in [0.1, 0.15) is 40.4 Å². The molecule has 3 aromatic carbocycles. The lowest BCUT2D eigenvalue weighted by atomic mass is 9.77. The van der Waals surface area contributed by atoms with Gasteiger partial charge < -0.3 is 35.9 Å². The molecular formula is C26H24N2O7.